The average molecular weight is 283 g/mol. The number of benzene rings is 2. The molecular weight excluding hydrogens is 262 g/mol. The summed E-state index contributed by atoms with van der Waals surface area (Å²) in [6, 6.07) is 17.6. The number of ether oxygens (including phenoxy) is 1. The van der Waals surface area contributed by atoms with E-state index in [0.29, 0.717) is 6.42 Å². The van der Waals surface area contributed by atoms with E-state index in [1.165, 1.54) is 5.56 Å². The number of carbonyl (C=O) groups excluding carboxylic acids is 1. The molecule has 0 spiro atoms. The topological polar surface area (TPSA) is 29.5 Å². The molecule has 2 rings (SSSR count). The van der Waals surface area contributed by atoms with E-state index in [1.54, 1.807) is 7.11 Å². The Morgan fingerprint density at radius 2 is 1.71 bits per heavy atom. The van der Waals surface area contributed by atoms with Crippen molar-refractivity contribution in [3.05, 3.63) is 65.7 Å². The third-order valence-corrected chi connectivity index (χ3v) is 3.43. The van der Waals surface area contributed by atoms with Crippen LogP contribution in [-0.2, 0) is 6.54 Å². The van der Waals surface area contributed by atoms with Crippen LogP contribution in [0.1, 0.15) is 22.3 Å². The molecule has 0 saturated heterocycles. The molecule has 3 nitrogen and oxygen atoms in total. The van der Waals surface area contributed by atoms with Gasteiger partial charge < -0.3 is 9.64 Å². The summed E-state index contributed by atoms with van der Waals surface area (Å²) < 4.78 is 5.09. The zero-order chi connectivity index (χ0) is 15.1. The molecule has 0 aliphatic carbocycles. The fraction of sp³-hybridized carbons (Fsp3) is 0.278. The van der Waals surface area contributed by atoms with Gasteiger partial charge >= 0.3 is 0 Å². The van der Waals surface area contributed by atoms with Gasteiger partial charge in [0.25, 0.3) is 0 Å². The van der Waals surface area contributed by atoms with E-state index < -0.39 is 0 Å². The Morgan fingerprint density at radius 3 is 2.33 bits per heavy atom. The van der Waals surface area contributed by atoms with Crippen molar-refractivity contribution in [1.29, 1.82) is 0 Å². The zero-order valence-corrected chi connectivity index (χ0v) is 12.6. The highest BCUT2D eigenvalue weighted by Crippen LogP contribution is 2.13. The summed E-state index contributed by atoms with van der Waals surface area (Å²) in [6.45, 7) is 1.61. The van der Waals surface area contributed by atoms with Gasteiger partial charge in [0, 0.05) is 25.1 Å². The maximum absolute atomic E-state index is 12.1. The van der Waals surface area contributed by atoms with Crippen LogP contribution in [0, 0.1) is 0 Å². The quantitative estimate of drug-likeness (QED) is 0.729. The standard InChI is InChI=1S/C18H21NO2/c1-19(14-15-6-4-3-5-7-15)13-12-18(20)16-8-10-17(21-2)11-9-16/h3-11H,12-14H2,1-2H3. The van der Waals surface area contributed by atoms with E-state index in [1.807, 2.05) is 49.5 Å². The molecule has 0 aliphatic heterocycles. The second-order valence-electron chi connectivity index (χ2n) is 5.13. The van der Waals surface area contributed by atoms with E-state index in [-0.39, 0.29) is 5.78 Å². The van der Waals surface area contributed by atoms with E-state index in [4.69, 9.17) is 4.74 Å². The lowest BCUT2D eigenvalue weighted by Gasteiger charge is -2.16. The Morgan fingerprint density at radius 1 is 1.05 bits per heavy atom. The van der Waals surface area contributed by atoms with Crippen molar-refractivity contribution in [1.82, 2.24) is 4.90 Å². The Bertz CT molecular complexity index is 564. The molecule has 0 saturated carbocycles. The third-order valence-electron chi connectivity index (χ3n) is 3.43. The Hall–Kier alpha value is -2.13. The van der Waals surface area contributed by atoms with Crippen LogP contribution in [0.5, 0.6) is 5.75 Å². The molecular formula is C18H21NO2. The van der Waals surface area contributed by atoms with Crippen molar-refractivity contribution in [3.8, 4) is 5.75 Å². The van der Waals surface area contributed by atoms with Crippen molar-refractivity contribution >= 4 is 5.78 Å². The Balaban J connectivity index is 1.82. The molecule has 0 aliphatic rings. The van der Waals surface area contributed by atoms with Crippen molar-refractivity contribution in [2.24, 2.45) is 0 Å². The smallest absolute Gasteiger partial charge is 0.164 e. The predicted molar refractivity (Wildman–Crippen MR) is 84.7 cm³/mol. The van der Waals surface area contributed by atoms with Crippen molar-refractivity contribution in [2.75, 3.05) is 20.7 Å². The van der Waals surface area contributed by atoms with Crippen LogP contribution in [0.2, 0.25) is 0 Å². The first-order valence-corrected chi connectivity index (χ1v) is 7.09. The van der Waals surface area contributed by atoms with Crippen molar-refractivity contribution < 1.29 is 9.53 Å². The number of Topliss-reactive ketones (excluding diaryl/α,β-unsaturated/α-hetero) is 1. The second-order valence-corrected chi connectivity index (χ2v) is 5.13. The third kappa shape index (κ3) is 4.72. The molecule has 110 valence electrons. The molecule has 0 fully saturated rings. The van der Waals surface area contributed by atoms with Crippen LogP contribution in [0.4, 0.5) is 0 Å². The van der Waals surface area contributed by atoms with Crippen LogP contribution < -0.4 is 4.74 Å². The summed E-state index contributed by atoms with van der Waals surface area (Å²) in [7, 11) is 3.66. The minimum atomic E-state index is 0.164. The van der Waals surface area contributed by atoms with E-state index in [2.05, 4.69) is 17.0 Å². The normalized spacial score (nSPS) is 10.6. The molecule has 3 heteroatoms. The second kappa shape index (κ2) is 7.60. The number of carbonyl (C=O) groups is 1. The van der Waals surface area contributed by atoms with Gasteiger partial charge in [-0.3, -0.25) is 4.79 Å². The highest BCUT2D eigenvalue weighted by atomic mass is 16.5. The molecule has 21 heavy (non-hydrogen) atoms. The first-order chi connectivity index (χ1) is 10.2. The SMILES string of the molecule is COc1ccc(C(=O)CCN(C)Cc2ccccc2)cc1. The lowest BCUT2D eigenvalue weighted by molar-refractivity contribution is 0.0968. The van der Waals surface area contributed by atoms with Crippen LogP contribution in [0.15, 0.2) is 54.6 Å². The van der Waals surface area contributed by atoms with Crippen LogP contribution in [-0.4, -0.2) is 31.4 Å². The van der Waals surface area contributed by atoms with Gasteiger partial charge in [-0.15, -0.1) is 0 Å². The number of rotatable bonds is 7. The Kier molecular flexibility index (Phi) is 5.52. The van der Waals surface area contributed by atoms with E-state index in [9.17, 15) is 4.79 Å². The molecule has 0 radical (unpaired) electrons. The van der Waals surface area contributed by atoms with Crippen molar-refractivity contribution in [2.45, 2.75) is 13.0 Å². The Labute approximate surface area is 126 Å². The summed E-state index contributed by atoms with van der Waals surface area (Å²) in [5, 5.41) is 0. The number of methoxy groups -OCH3 is 1. The van der Waals surface area contributed by atoms with Gasteiger partial charge in [0.05, 0.1) is 7.11 Å². The minimum Gasteiger partial charge on any atom is -0.497 e. The highest BCUT2D eigenvalue weighted by molar-refractivity contribution is 5.96. The van der Waals surface area contributed by atoms with Gasteiger partial charge in [-0.05, 0) is 36.9 Å². The van der Waals surface area contributed by atoms with Crippen molar-refractivity contribution in [3.63, 3.8) is 0 Å². The maximum atomic E-state index is 12.1. The molecule has 0 heterocycles. The summed E-state index contributed by atoms with van der Waals surface area (Å²) in [6.07, 6.45) is 0.523. The summed E-state index contributed by atoms with van der Waals surface area (Å²) >= 11 is 0. The summed E-state index contributed by atoms with van der Waals surface area (Å²) in [5.41, 5.74) is 2.00. The van der Waals surface area contributed by atoms with Crippen LogP contribution in [0.25, 0.3) is 0 Å². The van der Waals surface area contributed by atoms with Gasteiger partial charge in [0.15, 0.2) is 5.78 Å². The van der Waals surface area contributed by atoms with E-state index >= 15 is 0 Å². The molecule has 0 aromatic heterocycles. The lowest BCUT2D eigenvalue weighted by atomic mass is 10.1. The first kappa shape index (κ1) is 15.3. The fourth-order valence-corrected chi connectivity index (χ4v) is 2.19. The first-order valence-electron chi connectivity index (χ1n) is 7.09. The van der Waals surface area contributed by atoms with Gasteiger partial charge in [-0.1, -0.05) is 30.3 Å². The maximum Gasteiger partial charge on any atom is 0.164 e. The highest BCUT2D eigenvalue weighted by Gasteiger charge is 2.08. The lowest BCUT2D eigenvalue weighted by Crippen LogP contribution is -2.21. The zero-order valence-electron chi connectivity index (χ0n) is 12.6. The summed E-state index contributed by atoms with van der Waals surface area (Å²) in [5.74, 6) is 0.935. The van der Waals surface area contributed by atoms with Crippen LogP contribution >= 0.6 is 0 Å². The van der Waals surface area contributed by atoms with E-state index in [0.717, 1.165) is 24.4 Å². The number of ketones is 1. The van der Waals surface area contributed by atoms with Gasteiger partial charge in [-0.2, -0.15) is 0 Å². The largest absolute Gasteiger partial charge is 0.497 e. The average Bonchev–Trinajstić information content (AvgIpc) is 2.53. The van der Waals surface area contributed by atoms with Crippen LogP contribution in [0.3, 0.4) is 0 Å². The molecule has 0 bridgehead atoms. The summed E-state index contributed by atoms with van der Waals surface area (Å²) in [4.78, 5) is 14.3. The van der Waals surface area contributed by atoms with Gasteiger partial charge in [0.1, 0.15) is 5.75 Å². The fourth-order valence-electron chi connectivity index (χ4n) is 2.19. The molecule has 0 N–H and O–H groups in total. The number of nitrogens with zero attached hydrogens (tertiary/aromatic N) is 1. The molecule has 0 amide bonds. The molecule has 0 unspecified atom stereocenters. The minimum absolute atomic E-state index is 0.164. The van der Waals surface area contributed by atoms with Gasteiger partial charge in [0.2, 0.25) is 0 Å². The molecule has 2 aromatic rings. The molecule has 2 aromatic carbocycles. The molecule has 0 atom stereocenters. The van der Waals surface area contributed by atoms with Gasteiger partial charge in [-0.25, -0.2) is 0 Å². The predicted octanol–water partition coefficient (Wildman–Crippen LogP) is 3.40. The number of hydrogen-bond donors (Lipinski definition) is 0. The monoisotopic (exact) mass is 283 g/mol. The number of hydrogen-bond acceptors (Lipinski definition) is 3.